The molecule has 2 aliphatic rings. The molecule has 6 heteroatoms. The summed E-state index contributed by atoms with van der Waals surface area (Å²) in [6, 6.07) is 0. The van der Waals surface area contributed by atoms with Crippen LogP contribution in [-0.2, 0) is 9.47 Å². The van der Waals surface area contributed by atoms with E-state index in [1.807, 2.05) is 7.05 Å². The molecule has 0 aliphatic carbocycles. The van der Waals surface area contributed by atoms with Crippen molar-refractivity contribution in [1.82, 2.24) is 10.2 Å². The molecule has 2 fully saturated rings. The quantitative estimate of drug-likeness (QED) is 0.257. The molecule has 2 saturated heterocycles. The molecule has 0 aromatic heterocycles. The summed E-state index contributed by atoms with van der Waals surface area (Å²) in [6.07, 6.45) is 7.41. The standard InChI is InChI=1S/C19H37N3O2.HI/c1-4-16(5-2)17-7-11-22(15-17)19(20-3)21-10-6-12-24-18-8-13-23-14-9-18;/h16-18H,4-15H2,1-3H3,(H,20,21);1H. The molecule has 25 heavy (non-hydrogen) atoms. The van der Waals surface area contributed by atoms with E-state index in [9.17, 15) is 0 Å². The molecule has 0 saturated carbocycles. The highest BCUT2D eigenvalue weighted by atomic mass is 127. The Morgan fingerprint density at radius 3 is 2.60 bits per heavy atom. The van der Waals surface area contributed by atoms with Crippen LogP contribution >= 0.6 is 24.0 Å². The average molecular weight is 467 g/mol. The number of nitrogens with one attached hydrogen (secondary N) is 1. The van der Waals surface area contributed by atoms with Crippen LogP contribution in [0.15, 0.2) is 4.99 Å². The lowest BCUT2D eigenvalue weighted by Gasteiger charge is -2.25. The zero-order valence-corrected chi connectivity index (χ0v) is 18.7. The smallest absolute Gasteiger partial charge is 0.193 e. The van der Waals surface area contributed by atoms with Crippen molar-refractivity contribution in [2.75, 3.05) is 46.5 Å². The van der Waals surface area contributed by atoms with Gasteiger partial charge in [0.2, 0.25) is 0 Å². The Balaban J connectivity index is 0.00000312. The Kier molecular flexibility index (Phi) is 12.1. The molecule has 5 nitrogen and oxygen atoms in total. The van der Waals surface area contributed by atoms with E-state index < -0.39 is 0 Å². The Bertz CT molecular complexity index is 372. The van der Waals surface area contributed by atoms with E-state index in [1.165, 1.54) is 19.3 Å². The number of halogens is 1. The van der Waals surface area contributed by atoms with E-state index in [0.29, 0.717) is 6.10 Å². The third kappa shape index (κ3) is 7.59. The molecular weight excluding hydrogens is 429 g/mol. The van der Waals surface area contributed by atoms with Gasteiger partial charge in [0.15, 0.2) is 5.96 Å². The molecular formula is C19H38IN3O2. The molecule has 1 unspecified atom stereocenters. The molecule has 0 spiro atoms. The molecule has 2 heterocycles. The maximum Gasteiger partial charge on any atom is 0.193 e. The van der Waals surface area contributed by atoms with Gasteiger partial charge in [-0.05, 0) is 37.5 Å². The first-order valence-electron chi connectivity index (χ1n) is 9.93. The summed E-state index contributed by atoms with van der Waals surface area (Å²) in [5, 5.41) is 3.52. The molecule has 1 atom stereocenters. The fraction of sp³-hybridized carbons (Fsp3) is 0.947. The van der Waals surface area contributed by atoms with Gasteiger partial charge >= 0.3 is 0 Å². The number of hydrogen-bond acceptors (Lipinski definition) is 3. The van der Waals surface area contributed by atoms with E-state index in [-0.39, 0.29) is 24.0 Å². The topological polar surface area (TPSA) is 46.1 Å². The molecule has 0 amide bonds. The summed E-state index contributed by atoms with van der Waals surface area (Å²) >= 11 is 0. The molecule has 2 rings (SSSR count). The van der Waals surface area contributed by atoms with E-state index in [2.05, 4.69) is 29.1 Å². The first kappa shape index (κ1) is 23.0. The lowest BCUT2D eigenvalue weighted by Crippen LogP contribution is -2.41. The maximum atomic E-state index is 5.93. The molecule has 148 valence electrons. The van der Waals surface area contributed by atoms with Gasteiger partial charge in [-0.1, -0.05) is 26.7 Å². The summed E-state index contributed by atoms with van der Waals surface area (Å²) < 4.78 is 11.3. The van der Waals surface area contributed by atoms with E-state index >= 15 is 0 Å². The van der Waals surface area contributed by atoms with Crippen LogP contribution in [0.1, 0.15) is 52.4 Å². The van der Waals surface area contributed by atoms with Crippen molar-refractivity contribution in [2.24, 2.45) is 16.8 Å². The number of aliphatic imine (C=N–C) groups is 1. The van der Waals surface area contributed by atoms with Gasteiger partial charge in [-0.3, -0.25) is 4.99 Å². The lowest BCUT2D eigenvalue weighted by molar-refractivity contribution is -0.0320. The Hall–Kier alpha value is -0.0800. The van der Waals surface area contributed by atoms with Gasteiger partial charge in [-0.2, -0.15) is 0 Å². The SMILES string of the molecule is CCC(CC)C1CCN(C(=NC)NCCCOC2CCOCC2)C1.I. The number of rotatable bonds is 8. The Morgan fingerprint density at radius 1 is 1.24 bits per heavy atom. The van der Waals surface area contributed by atoms with Crippen molar-refractivity contribution < 1.29 is 9.47 Å². The Morgan fingerprint density at radius 2 is 1.96 bits per heavy atom. The number of likely N-dealkylation sites (tertiary alicyclic amines) is 1. The first-order valence-corrected chi connectivity index (χ1v) is 9.93. The lowest BCUT2D eigenvalue weighted by atomic mass is 9.87. The summed E-state index contributed by atoms with van der Waals surface area (Å²) in [5.74, 6) is 2.76. The van der Waals surface area contributed by atoms with Crippen LogP contribution in [0.4, 0.5) is 0 Å². The molecule has 0 aromatic rings. The number of ether oxygens (including phenoxy) is 2. The van der Waals surface area contributed by atoms with Gasteiger partial charge in [0.1, 0.15) is 0 Å². The summed E-state index contributed by atoms with van der Waals surface area (Å²) in [5.41, 5.74) is 0. The van der Waals surface area contributed by atoms with Gasteiger partial charge in [0, 0.05) is 46.5 Å². The summed E-state index contributed by atoms with van der Waals surface area (Å²) in [6.45, 7) is 10.4. The van der Waals surface area contributed by atoms with Crippen molar-refractivity contribution in [1.29, 1.82) is 0 Å². The van der Waals surface area contributed by atoms with Crippen LogP contribution in [0.25, 0.3) is 0 Å². The van der Waals surface area contributed by atoms with Crippen molar-refractivity contribution in [3.63, 3.8) is 0 Å². The second-order valence-corrected chi connectivity index (χ2v) is 7.08. The van der Waals surface area contributed by atoms with Crippen molar-refractivity contribution in [2.45, 2.75) is 58.5 Å². The number of hydrogen-bond donors (Lipinski definition) is 1. The van der Waals surface area contributed by atoms with Crippen molar-refractivity contribution in [3.8, 4) is 0 Å². The molecule has 0 bridgehead atoms. The van der Waals surface area contributed by atoms with E-state index in [0.717, 1.165) is 76.5 Å². The highest BCUT2D eigenvalue weighted by Gasteiger charge is 2.29. The fourth-order valence-electron chi connectivity index (χ4n) is 4.02. The van der Waals surface area contributed by atoms with Crippen molar-refractivity contribution in [3.05, 3.63) is 0 Å². The summed E-state index contributed by atoms with van der Waals surface area (Å²) in [7, 11) is 1.89. The first-order chi connectivity index (χ1) is 11.8. The minimum atomic E-state index is 0. The monoisotopic (exact) mass is 467 g/mol. The third-order valence-corrected chi connectivity index (χ3v) is 5.58. The van der Waals surface area contributed by atoms with Gasteiger partial charge < -0.3 is 19.7 Å². The molecule has 2 aliphatic heterocycles. The minimum absolute atomic E-state index is 0. The highest BCUT2D eigenvalue weighted by molar-refractivity contribution is 14.0. The van der Waals surface area contributed by atoms with Crippen LogP contribution in [0.2, 0.25) is 0 Å². The largest absolute Gasteiger partial charge is 0.381 e. The zero-order valence-electron chi connectivity index (χ0n) is 16.3. The molecule has 0 radical (unpaired) electrons. The minimum Gasteiger partial charge on any atom is -0.381 e. The van der Waals surface area contributed by atoms with Crippen LogP contribution in [0.3, 0.4) is 0 Å². The van der Waals surface area contributed by atoms with E-state index in [1.54, 1.807) is 0 Å². The third-order valence-electron chi connectivity index (χ3n) is 5.58. The predicted octanol–water partition coefficient (Wildman–Crippen LogP) is 3.52. The van der Waals surface area contributed by atoms with Crippen LogP contribution in [-0.4, -0.2) is 63.5 Å². The molecule has 1 N–H and O–H groups in total. The van der Waals surface area contributed by atoms with Crippen LogP contribution in [0.5, 0.6) is 0 Å². The maximum absolute atomic E-state index is 5.93. The van der Waals surface area contributed by atoms with Crippen LogP contribution < -0.4 is 5.32 Å². The predicted molar refractivity (Wildman–Crippen MR) is 115 cm³/mol. The fourth-order valence-corrected chi connectivity index (χ4v) is 4.02. The second kappa shape index (κ2) is 13.1. The highest BCUT2D eigenvalue weighted by Crippen LogP contribution is 2.28. The number of nitrogens with zero attached hydrogens (tertiary/aromatic N) is 2. The van der Waals surface area contributed by atoms with Gasteiger partial charge in [-0.25, -0.2) is 0 Å². The summed E-state index contributed by atoms with van der Waals surface area (Å²) in [4.78, 5) is 6.91. The van der Waals surface area contributed by atoms with Crippen molar-refractivity contribution >= 4 is 29.9 Å². The number of guanidine groups is 1. The van der Waals surface area contributed by atoms with Gasteiger partial charge in [0.25, 0.3) is 0 Å². The normalized spacial score (nSPS) is 22.3. The zero-order chi connectivity index (χ0) is 17.2. The molecule has 0 aromatic carbocycles. The average Bonchev–Trinajstić information content (AvgIpc) is 3.10. The van der Waals surface area contributed by atoms with E-state index in [4.69, 9.17) is 9.47 Å². The van der Waals surface area contributed by atoms with Gasteiger partial charge in [0.05, 0.1) is 6.10 Å². The van der Waals surface area contributed by atoms with Gasteiger partial charge in [-0.15, -0.1) is 24.0 Å². The van der Waals surface area contributed by atoms with Crippen LogP contribution in [0, 0.1) is 11.8 Å². The Labute approximate surface area is 171 Å². The second-order valence-electron chi connectivity index (χ2n) is 7.08.